The highest BCUT2D eigenvalue weighted by molar-refractivity contribution is 9.10. The van der Waals surface area contributed by atoms with E-state index >= 15 is 0 Å². The van der Waals surface area contributed by atoms with Gasteiger partial charge in [-0.25, -0.2) is 13.1 Å². The molecule has 0 amide bonds. The van der Waals surface area contributed by atoms with Gasteiger partial charge in [-0.1, -0.05) is 12.8 Å². The summed E-state index contributed by atoms with van der Waals surface area (Å²) >= 11 is 3.23. The van der Waals surface area contributed by atoms with Crippen LogP contribution in [0.4, 0.5) is 5.69 Å². The third kappa shape index (κ3) is 3.10. The molecule has 0 atom stereocenters. The smallest absolute Gasteiger partial charge is 0.241 e. The minimum absolute atomic E-state index is 0.118. The van der Waals surface area contributed by atoms with E-state index < -0.39 is 15.6 Å². The van der Waals surface area contributed by atoms with Crippen molar-refractivity contribution in [2.75, 3.05) is 12.3 Å². The largest absolute Gasteiger partial charge is 0.398 e. The third-order valence-electron chi connectivity index (χ3n) is 3.49. The second-order valence-electron chi connectivity index (χ2n) is 4.93. The number of nitrogens with one attached hydrogen (secondary N) is 1. The Kier molecular flexibility index (Phi) is 4.20. The van der Waals surface area contributed by atoms with Crippen LogP contribution in [0.1, 0.15) is 25.7 Å². The number of benzene rings is 1. The molecule has 1 saturated carbocycles. The molecular weight excluding hydrogens is 332 g/mol. The normalized spacial score (nSPS) is 18.6. The number of hydrogen-bond donors (Lipinski definition) is 3. The van der Waals surface area contributed by atoms with Gasteiger partial charge in [0.25, 0.3) is 0 Å². The highest BCUT2D eigenvalue weighted by Crippen LogP contribution is 2.31. The lowest BCUT2D eigenvalue weighted by Gasteiger charge is -2.27. The molecule has 4 N–H and O–H groups in total. The zero-order valence-corrected chi connectivity index (χ0v) is 12.8. The van der Waals surface area contributed by atoms with E-state index in [0.29, 0.717) is 23.0 Å². The predicted octanol–water partition coefficient (Wildman–Crippen LogP) is 1.61. The molecule has 0 unspecified atom stereocenters. The van der Waals surface area contributed by atoms with E-state index in [1.165, 1.54) is 12.1 Å². The maximum atomic E-state index is 12.3. The van der Waals surface area contributed by atoms with Crippen LogP contribution in [0, 0.1) is 0 Å². The van der Waals surface area contributed by atoms with Crippen LogP contribution in [-0.4, -0.2) is 25.7 Å². The van der Waals surface area contributed by atoms with Crippen molar-refractivity contribution in [3.8, 4) is 0 Å². The second kappa shape index (κ2) is 5.40. The molecule has 1 aromatic carbocycles. The molecule has 106 valence electrons. The van der Waals surface area contributed by atoms with Crippen LogP contribution >= 0.6 is 15.9 Å². The summed E-state index contributed by atoms with van der Waals surface area (Å²) in [5, 5.41) is 9.47. The van der Waals surface area contributed by atoms with Gasteiger partial charge in [0.05, 0.1) is 17.0 Å². The summed E-state index contributed by atoms with van der Waals surface area (Å²) in [6, 6.07) is 4.50. The van der Waals surface area contributed by atoms with Gasteiger partial charge in [-0.05, 0) is 47.0 Å². The molecule has 1 fully saturated rings. The molecule has 5 nitrogen and oxygen atoms in total. The second-order valence-corrected chi connectivity index (χ2v) is 7.47. The van der Waals surface area contributed by atoms with Gasteiger partial charge in [0.15, 0.2) is 0 Å². The Morgan fingerprint density at radius 3 is 2.53 bits per heavy atom. The Hall–Kier alpha value is -0.630. The van der Waals surface area contributed by atoms with Gasteiger partial charge in [-0.2, -0.15) is 0 Å². The van der Waals surface area contributed by atoms with Crippen molar-refractivity contribution in [3.63, 3.8) is 0 Å². The van der Waals surface area contributed by atoms with Gasteiger partial charge in [0, 0.05) is 10.2 Å². The van der Waals surface area contributed by atoms with Crippen LogP contribution in [0.5, 0.6) is 0 Å². The van der Waals surface area contributed by atoms with Crippen molar-refractivity contribution in [1.82, 2.24) is 4.72 Å². The highest BCUT2D eigenvalue weighted by atomic mass is 79.9. The number of rotatable bonds is 4. The number of sulfonamides is 1. The Balaban J connectivity index is 2.29. The fourth-order valence-corrected chi connectivity index (χ4v) is 4.11. The minimum atomic E-state index is -3.66. The Morgan fingerprint density at radius 1 is 1.37 bits per heavy atom. The Bertz CT molecular complexity index is 568. The highest BCUT2D eigenvalue weighted by Gasteiger charge is 2.37. The average molecular weight is 349 g/mol. The number of halogens is 1. The molecule has 0 aliphatic heterocycles. The third-order valence-corrected chi connectivity index (χ3v) is 5.79. The molecule has 0 radical (unpaired) electrons. The first-order chi connectivity index (χ1) is 8.88. The molecule has 0 aromatic heterocycles. The van der Waals surface area contributed by atoms with E-state index in [1.807, 2.05) is 0 Å². The molecule has 1 aliphatic carbocycles. The van der Waals surface area contributed by atoms with Crippen molar-refractivity contribution < 1.29 is 13.5 Å². The first-order valence-electron chi connectivity index (χ1n) is 6.08. The molecule has 0 heterocycles. The minimum Gasteiger partial charge on any atom is -0.398 e. The SMILES string of the molecule is Nc1cc(S(=O)(=O)NC2(CO)CCCC2)ccc1Br. The summed E-state index contributed by atoms with van der Waals surface area (Å²) in [4.78, 5) is 0.118. The van der Waals surface area contributed by atoms with Crippen molar-refractivity contribution >= 4 is 31.6 Å². The van der Waals surface area contributed by atoms with Gasteiger partial charge >= 0.3 is 0 Å². The summed E-state index contributed by atoms with van der Waals surface area (Å²) in [7, 11) is -3.66. The number of aliphatic hydroxyl groups is 1. The van der Waals surface area contributed by atoms with E-state index in [-0.39, 0.29) is 11.5 Å². The lowest BCUT2D eigenvalue weighted by Crippen LogP contribution is -2.49. The molecule has 2 rings (SSSR count). The first-order valence-corrected chi connectivity index (χ1v) is 8.36. The quantitative estimate of drug-likeness (QED) is 0.720. The number of nitrogens with two attached hydrogens (primary N) is 1. The molecule has 0 bridgehead atoms. The molecule has 0 saturated heterocycles. The van der Waals surface area contributed by atoms with Crippen LogP contribution in [-0.2, 0) is 10.0 Å². The monoisotopic (exact) mass is 348 g/mol. The molecule has 0 spiro atoms. The van der Waals surface area contributed by atoms with Gasteiger partial charge in [-0.3, -0.25) is 0 Å². The fraction of sp³-hybridized carbons (Fsp3) is 0.500. The topological polar surface area (TPSA) is 92.4 Å². The van der Waals surface area contributed by atoms with Crippen molar-refractivity contribution in [3.05, 3.63) is 22.7 Å². The summed E-state index contributed by atoms with van der Waals surface area (Å²) in [5.41, 5.74) is 5.35. The summed E-state index contributed by atoms with van der Waals surface area (Å²) in [6.45, 7) is -0.182. The van der Waals surface area contributed by atoms with Crippen LogP contribution in [0.15, 0.2) is 27.6 Å². The standard InChI is InChI=1S/C12H17BrN2O3S/c13-10-4-3-9(7-11(10)14)19(17,18)15-12(8-16)5-1-2-6-12/h3-4,7,15-16H,1-2,5-6,8,14H2. The summed E-state index contributed by atoms with van der Waals surface area (Å²) in [5.74, 6) is 0. The van der Waals surface area contributed by atoms with E-state index in [0.717, 1.165) is 12.8 Å². The predicted molar refractivity (Wildman–Crippen MR) is 77.2 cm³/mol. The van der Waals surface area contributed by atoms with E-state index in [1.54, 1.807) is 6.07 Å². The van der Waals surface area contributed by atoms with Gasteiger partial charge < -0.3 is 10.8 Å². The van der Waals surface area contributed by atoms with Crippen LogP contribution in [0.3, 0.4) is 0 Å². The number of aliphatic hydroxyl groups excluding tert-OH is 1. The zero-order valence-electron chi connectivity index (χ0n) is 10.4. The van der Waals surface area contributed by atoms with Crippen LogP contribution in [0.2, 0.25) is 0 Å². The maximum absolute atomic E-state index is 12.3. The average Bonchev–Trinajstić information content (AvgIpc) is 2.81. The first kappa shape index (κ1) is 14.8. The van der Waals surface area contributed by atoms with Crippen molar-refractivity contribution in [2.24, 2.45) is 0 Å². The molecule has 1 aromatic rings. The van der Waals surface area contributed by atoms with E-state index in [9.17, 15) is 13.5 Å². The van der Waals surface area contributed by atoms with Crippen molar-refractivity contribution in [1.29, 1.82) is 0 Å². The van der Waals surface area contributed by atoms with Gasteiger partial charge in [0.2, 0.25) is 10.0 Å². The summed E-state index contributed by atoms with van der Waals surface area (Å²) in [6.07, 6.45) is 3.17. The molecule has 1 aliphatic rings. The van der Waals surface area contributed by atoms with E-state index in [4.69, 9.17) is 5.73 Å². The number of nitrogen functional groups attached to an aromatic ring is 1. The van der Waals surface area contributed by atoms with E-state index in [2.05, 4.69) is 20.7 Å². The zero-order chi connectivity index (χ0) is 14.1. The lowest BCUT2D eigenvalue weighted by molar-refractivity contribution is 0.185. The van der Waals surface area contributed by atoms with Crippen molar-refractivity contribution in [2.45, 2.75) is 36.1 Å². The number of anilines is 1. The Labute approximate surface area is 121 Å². The lowest BCUT2D eigenvalue weighted by atomic mass is 10.0. The Morgan fingerprint density at radius 2 is 2.00 bits per heavy atom. The number of hydrogen-bond acceptors (Lipinski definition) is 4. The van der Waals surface area contributed by atoms with Gasteiger partial charge in [-0.15, -0.1) is 0 Å². The molecule has 19 heavy (non-hydrogen) atoms. The molecule has 7 heteroatoms. The summed E-state index contributed by atoms with van der Waals surface area (Å²) < 4.78 is 27.9. The fourth-order valence-electron chi connectivity index (χ4n) is 2.38. The van der Waals surface area contributed by atoms with Crippen LogP contribution < -0.4 is 10.5 Å². The maximum Gasteiger partial charge on any atom is 0.241 e. The van der Waals surface area contributed by atoms with Gasteiger partial charge in [0.1, 0.15) is 0 Å². The molecular formula is C12H17BrN2O3S. The van der Waals surface area contributed by atoms with Crippen LogP contribution in [0.25, 0.3) is 0 Å².